The average Bonchev–Trinajstić information content (AvgIpc) is 2.71. The van der Waals surface area contributed by atoms with Crippen molar-refractivity contribution in [2.75, 3.05) is 14.2 Å². The molecule has 0 radical (unpaired) electrons. The van der Waals surface area contributed by atoms with E-state index in [4.69, 9.17) is 18.5 Å². The summed E-state index contributed by atoms with van der Waals surface area (Å²) < 4.78 is 23.0. The first-order chi connectivity index (χ1) is 13.4. The van der Waals surface area contributed by atoms with Gasteiger partial charge in [0.15, 0.2) is 11.5 Å². The topological polar surface area (TPSA) is 57.2 Å². The van der Waals surface area contributed by atoms with Crippen molar-refractivity contribution in [2.45, 2.75) is 13.8 Å². The molecular weight excluding hydrogens is 375 g/mol. The lowest BCUT2D eigenvalue weighted by Gasteiger charge is -2.20. The van der Waals surface area contributed by atoms with E-state index in [-0.39, 0.29) is 0 Å². The molecule has 0 heterocycles. The van der Waals surface area contributed by atoms with Gasteiger partial charge in [0, 0.05) is 0 Å². The van der Waals surface area contributed by atoms with Crippen molar-refractivity contribution >= 4 is 13.2 Å². The second kappa shape index (κ2) is 8.51. The van der Waals surface area contributed by atoms with Crippen molar-refractivity contribution in [3.63, 3.8) is 0 Å². The highest BCUT2D eigenvalue weighted by molar-refractivity contribution is 7.69. The minimum atomic E-state index is -3.54. The predicted molar refractivity (Wildman–Crippen MR) is 112 cm³/mol. The molecule has 0 saturated carbocycles. The Balaban J connectivity index is 2.05. The molecule has 0 saturated heterocycles. The lowest BCUT2D eigenvalue weighted by Crippen LogP contribution is -2.21. The average molecular weight is 399 g/mol. The van der Waals surface area contributed by atoms with Crippen LogP contribution in [0.15, 0.2) is 66.7 Å². The molecule has 0 bridgehead atoms. The van der Waals surface area contributed by atoms with Crippen molar-refractivity contribution in [1.82, 2.24) is 0 Å². The Kier molecular flexibility index (Phi) is 6.08. The van der Waals surface area contributed by atoms with Crippen LogP contribution in [-0.2, 0) is 0 Å². The third kappa shape index (κ3) is 4.38. The fourth-order valence-corrected chi connectivity index (χ4v) is 4.34. The van der Waals surface area contributed by atoms with E-state index in [2.05, 4.69) is 0 Å². The van der Waals surface area contributed by atoms with E-state index in [1.807, 2.05) is 56.3 Å². The van der Waals surface area contributed by atoms with Crippen molar-refractivity contribution in [2.24, 2.45) is 0 Å². The van der Waals surface area contributed by atoms with Crippen LogP contribution in [0, 0.1) is 13.8 Å². The Labute approximate surface area is 166 Å². The number of methoxy groups -OCH3 is 2. The van der Waals surface area contributed by atoms with E-state index in [1.165, 1.54) is 0 Å². The summed E-state index contributed by atoms with van der Waals surface area (Å²) in [5.74, 6) is 1.85. The van der Waals surface area contributed by atoms with E-state index in [1.54, 1.807) is 38.5 Å². The van der Waals surface area contributed by atoms with Crippen LogP contribution in [-0.4, -0.2) is 19.1 Å². The van der Waals surface area contributed by atoms with Gasteiger partial charge < -0.3 is 9.47 Å². The van der Waals surface area contributed by atoms with Gasteiger partial charge in [-0.2, -0.15) is 4.89 Å². The van der Waals surface area contributed by atoms with Gasteiger partial charge in [0.05, 0.1) is 14.2 Å². The van der Waals surface area contributed by atoms with E-state index < -0.39 is 7.94 Å². The summed E-state index contributed by atoms with van der Waals surface area (Å²) in [5.41, 5.74) is 2.04. The van der Waals surface area contributed by atoms with Crippen molar-refractivity contribution in [1.29, 1.82) is 0 Å². The molecule has 3 rings (SSSR count). The Bertz CT molecular complexity index is 887. The van der Waals surface area contributed by atoms with Crippen LogP contribution in [0.1, 0.15) is 11.1 Å². The molecule has 0 amide bonds. The van der Waals surface area contributed by atoms with Crippen molar-refractivity contribution in [3.05, 3.63) is 77.9 Å². The van der Waals surface area contributed by atoms with Crippen molar-refractivity contribution < 1.29 is 23.4 Å². The smallest absolute Gasteiger partial charge is 0.493 e. The van der Waals surface area contributed by atoms with Gasteiger partial charge in [-0.15, -0.1) is 0 Å². The fourth-order valence-electron chi connectivity index (χ4n) is 2.71. The molecule has 0 aromatic heterocycles. The molecule has 0 spiro atoms. The first kappa shape index (κ1) is 20.0. The molecule has 0 fully saturated rings. The molecule has 5 nitrogen and oxygen atoms in total. The molecular formula is C22H24O5P+. The summed E-state index contributed by atoms with van der Waals surface area (Å²) in [6.07, 6.45) is 0. The van der Waals surface area contributed by atoms with Crippen LogP contribution in [0.4, 0.5) is 0 Å². The zero-order valence-electron chi connectivity index (χ0n) is 16.4. The molecule has 0 aliphatic heterocycles. The summed E-state index contributed by atoms with van der Waals surface area (Å²) in [6, 6.07) is 20.1. The Morgan fingerprint density at radius 3 is 1.54 bits per heavy atom. The molecule has 0 aliphatic carbocycles. The van der Waals surface area contributed by atoms with Gasteiger partial charge in [0.25, 0.3) is 0 Å². The Morgan fingerprint density at radius 1 is 0.643 bits per heavy atom. The van der Waals surface area contributed by atoms with E-state index in [0.29, 0.717) is 28.3 Å². The maximum Gasteiger partial charge on any atom is 0.533 e. The molecule has 6 heteroatoms. The molecule has 0 unspecified atom stereocenters. The highest BCUT2D eigenvalue weighted by atomic mass is 31.2. The summed E-state index contributed by atoms with van der Waals surface area (Å²) in [7, 11) is -0.414. The normalized spacial score (nSPS) is 11.0. The third-order valence-corrected chi connectivity index (χ3v) is 6.00. The highest BCUT2D eigenvalue weighted by Gasteiger charge is 2.48. The number of benzene rings is 3. The summed E-state index contributed by atoms with van der Waals surface area (Å²) in [6.45, 7) is 3.91. The summed E-state index contributed by atoms with van der Waals surface area (Å²) in [5, 5.41) is 0.542. The van der Waals surface area contributed by atoms with E-state index in [9.17, 15) is 4.89 Å². The van der Waals surface area contributed by atoms with Crippen LogP contribution < -0.4 is 23.8 Å². The summed E-state index contributed by atoms with van der Waals surface area (Å²) >= 11 is 0. The largest absolute Gasteiger partial charge is 0.533 e. The zero-order valence-corrected chi connectivity index (χ0v) is 17.3. The first-order valence-electron chi connectivity index (χ1n) is 8.81. The van der Waals surface area contributed by atoms with Gasteiger partial charge in [-0.1, -0.05) is 30.3 Å². The molecule has 0 aliphatic rings. The van der Waals surface area contributed by atoms with Crippen molar-refractivity contribution in [3.8, 4) is 23.0 Å². The van der Waals surface area contributed by atoms with Crippen LogP contribution in [0.5, 0.6) is 23.0 Å². The third-order valence-electron chi connectivity index (χ3n) is 4.16. The molecule has 3 aromatic carbocycles. The fraction of sp³-hybridized carbons (Fsp3) is 0.182. The van der Waals surface area contributed by atoms with Crippen LogP contribution >= 0.6 is 7.94 Å². The second-order valence-electron chi connectivity index (χ2n) is 6.35. The van der Waals surface area contributed by atoms with Gasteiger partial charge in [0.2, 0.25) is 16.8 Å². The lowest BCUT2D eigenvalue weighted by atomic mass is 10.2. The Hall–Kier alpha value is -2.75. The van der Waals surface area contributed by atoms with Crippen LogP contribution in [0.2, 0.25) is 0 Å². The van der Waals surface area contributed by atoms with Gasteiger partial charge in [-0.05, 0) is 61.4 Å². The number of rotatable bonds is 7. The van der Waals surface area contributed by atoms with E-state index in [0.717, 1.165) is 11.1 Å². The van der Waals surface area contributed by atoms with Crippen LogP contribution in [0.3, 0.4) is 0 Å². The Morgan fingerprint density at radius 2 is 1.11 bits per heavy atom. The molecule has 0 atom stereocenters. The maximum absolute atomic E-state index is 11.5. The molecule has 146 valence electrons. The highest BCUT2D eigenvalue weighted by Crippen LogP contribution is 2.57. The zero-order chi connectivity index (χ0) is 20.1. The summed E-state index contributed by atoms with van der Waals surface area (Å²) in [4.78, 5) is 11.5. The van der Waals surface area contributed by atoms with Gasteiger partial charge >= 0.3 is 7.94 Å². The standard InChI is InChI=1S/C22H24O5P/c1-16-10-12-19(21(14-16)24-3)26-28(23,18-8-6-5-7-9-18)27-20-13-11-17(2)15-22(20)25-4/h5-15,23H,1-4H3/q+1. The minimum absolute atomic E-state index is 0.402. The molecule has 1 N–H and O–H groups in total. The first-order valence-corrected chi connectivity index (χ1v) is 10.4. The van der Waals surface area contributed by atoms with Gasteiger partial charge in [-0.25, -0.2) is 0 Å². The lowest BCUT2D eigenvalue weighted by molar-refractivity contribution is 0.330. The SMILES string of the molecule is COc1cc(C)ccc1O[P+](O)(Oc1ccc(C)cc1OC)c1ccccc1. The second-order valence-corrected chi connectivity index (χ2v) is 8.27. The number of hydrogen-bond acceptors (Lipinski definition) is 5. The molecule has 28 heavy (non-hydrogen) atoms. The van der Waals surface area contributed by atoms with Crippen LogP contribution in [0.25, 0.3) is 0 Å². The molecule has 3 aromatic rings. The number of ether oxygens (including phenoxy) is 2. The van der Waals surface area contributed by atoms with Gasteiger partial charge in [-0.3, -0.25) is 9.05 Å². The van der Waals surface area contributed by atoms with Gasteiger partial charge in [0.1, 0.15) is 0 Å². The monoisotopic (exact) mass is 399 g/mol. The van der Waals surface area contributed by atoms with E-state index >= 15 is 0 Å². The minimum Gasteiger partial charge on any atom is -0.493 e. The predicted octanol–water partition coefficient (Wildman–Crippen LogP) is 4.86. The number of aryl methyl sites for hydroxylation is 2. The quantitative estimate of drug-likeness (QED) is 0.575. The maximum atomic E-state index is 11.5. The number of hydrogen-bond donors (Lipinski definition) is 1.